The molecular formula is C17H17BrN2O3S2. The van der Waals surface area contributed by atoms with Crippen LogP contribution in [0.3, 0.4) is 0 Å². The molecule has 1 aromatic heterocycles. The zero-order valence-corrected chi connectivity index (χ0v) is 16.6. The van der Waals surface area contributed by atoms with Crippen molar-refractivity contribution in [2.75, 3.05) is 11.3 Å². The monoisotopic (exact) mass is 440 g/mol. The number of carbonyl (C=O) groups excluding carboxylic acids is 1. The van der Waals surface area contributed by atoms with Crippen molar-refractivity contribution in [1.82, 2.24) is 4.90 Å². The van der Waals surface area contributed by atoms with E-state index in [9.17, 15) is 13.2 Å². The Kier molecular flexibility index (Phi) is 4.37. The fraction of sp³-hybridized carbons (Fsp3) is 0.353. The maximum atomic E-state index is 12.7. The number of anilines is 1. The molecule has 0 spiro atoms. The van der Waals surface area contributed by atoms with E-state index in [1.54, 1.807) is 24.3 Å². The fourth-order valence-corrected chi connectivity index (χ4v) is 6.09. The van der Waals surface area contributed by atoms with Gasteiger partial charge in [-0.05, 0) is 59.0 Å². The van der Waals surface area contributed by atoms with Gasteiger partial charge in [-0.1, -0.05) is 12.1 Å². The molecule has 1 aromatic carbocycles. The molecule has 5 nitrogen and oxygen atoms in total. The highest BCUT2D eigenvalue weighted by Crippen LogP contribution is 2.36. The highest BCUT2D eigenvalue weighted by molar-refractivity contribution is 9.10. The molecule has 1 aliphatic carbocycles. The number of nitrogens with zero attached hydrogens (tertiary/aromatic N) is 1. The highest BCUT2D eigenvalue weighted by Gasteiger charge is 2.35. The largest absolute Gasteiger partial charge is 0.338 e. The van der Waals surface area contributed by atoms with Crippen LogP contribution in [0.4, 0.5) is 5.69 Å². The van der Waals surface area contributed by atoms with Crippen molar-refractivity contribution in [3.05, 3.63) is 45.2 Å². The summed E-state index contributed by atoms with van der Waals surface area (Å²) < 4.78 is 29.0. The minimum atomic E-state index is -3.64. The minimum Gasteiger partial charge on any atom is -0.338 e. The number of halogens is 1. The first-order valence-electron chi connectivity index (χ1n) is 8.12. The van der Waals surface area contributed by atoms with Gasteiger partial charge in [0, 0.05) is 28.4 Å². The van der Waals surface area contributed by atoms with Crippen LogP contribution in [-0.2, 0) is 27.8 Å². The number of thiophene rings is 1. The molecule has 1 amide bonds. The minimum absolute atomic E-state index is 0.195. The summed E-state index contributed by atoms with van der Waals surface area (Å²) in [4.78, 5) is 15.2. The molecule has 1 fully saturated rings. The van der Waals surface area contributed by atoms with Gasteiger partial charge >= 0.3 is 0 Å². The second kappa shape index (κ2) is 6.41. The Hall–Kier alpha value is -1.38. The summed E-state index contributed by atoms with van der Waals surface area (Å²) in [5, 5.41) is 0. The standard InChI is InChI=1S/C17H17BrN2O3S2/c18-13-3-1-2-4-14(13)19-25(22,23)16-9-12-10-20(8-7-15(12)24-16)17(21)11-5-6-11/h1-4,9,11,19H,5-8,10H2. The van der Waals surface area contributed by atoms with Crippen molar-refractivity contribution >= 4 is 48.9 Å². The van der Waals surface area contributed by atoms with Gasteiger partial charge in [0.05, 0.1) is 5.69 Å². The van der Waals surface area contributed by atoms with Gasteiger partial charge in [0.1, 0.15) is 4.21 Å². The van der Waals surface area contributed by atoms with E-state index in [1.165, 1.54) is 11.3 Å². The molecule has 2 heterocycles. The number of carbonyl (C=O) groups is 1. The van der Waals surface area contributed by atoms with E-state index in [1.807, 2.05) is 11.0 Å². The Balaban J connectivity index is 1.56. The average molecular weight is 441 g/mol. The molecule has 0 unspecified atom stereocenters. The summed E-state index contributed by atoms with van der Waals surface area (Å²) in [7, 11) is -3.64. The van der Waals surface area contributed by atoms with Crippen LogP contribution in [0.1, 0.15) is 23.3 Å². The van der Waals surface area contributed by atoms with E-state index >= 15 is 0 Å². The number of amides is 1. The lowest BCUT2D eigenvalue weighted by Crippen LogP contribution is -2.36. The predicted octanol–water partition coefficient (Wildman–Crippen LogP) is 3.61. The van der Waals surface area contributed by atoms with E-state index in [0.717, 1.165) is 29.7 Å². The van der Waals surface area contributed by atoms with Crippen LogP contribution in [0.5, 0.6) is 0 Å². The van der Waals surface area contributed by atoms with Gasteiger partial charge in [0.15, 0.2) is 0 Å². The number of fused-ring (bicyclic) bond motifs is 1. The summed E-state index contributed by atoms with van der Waals surface area (Å²) in [6.07, 6.45) is 2.70. The number of hydrogen-bond acceptors (Lipinski definition) is 4. The van der Waals surface area contributed by atoms with Crippen molar-refractivity contribution in [2.45, 2.75) is 30.0 Å². The smallest absolute Gasteiger partial charge is 0.271 e. The van der Waals surface area contributed by atoms with Crippen LogP contribution < -0.4 is 4.72 Å². The zero-order chi connectivity index (χ0) is 17.6. The third kappa shape index (κ3) is 3.47. The molecule has 132 valence electrons. The van der Waals surface area contributed by atoms with Crippen LogP contribution in [0.25, 0.3) is 0 Å². The molecule has 0 atom stereocenters. The lowest BCUT2D eigenvalue weighted by atomic mass is 10.1. The predicted molar refractivity (Wildman–Crippen MR) is 101 cm³/mol. The van der Waals surface area contributed by atoms with Crippen LogP contribution in [0.15, 0.2) is 39.0 Å². The number of hydrogen-bond donors (Lipinski definition) is 1. The normalized spacial score (nSPS) is 17.2. The summed E-state index contributed by atoms with van der Waals surface area (Å²) >= 11 is 4.66. The van der Waals surface area contributed by atoms with E-state index in [0.29, 0.717) is 27.5 Å². The third-order valence-corrected chi connectivity index (χ3v) is 8.23. The summed E-state index contributed by atoms with van der Waals surface area (Å²) in [6, 6.07) is 8.83. The van der Waals surface area contributed by atoms with Gasteiger partial charge in [0.2, 0.25) is 5.91 Å². The average Bonchev–Trinajstić information content (AvgIpc) is 3.34. The van der Waals surface area contributed by atoms with Crippen molar-refractivity contribution in [2.24, 2.45) is 5.92 Å². The van der Waals surface area contributed by atoms with Crippen molar-refractivity contribution in [3.8, 4) is 0 Å². The summed E-state index contributed by atoms with van der Waals surface area (Å²) in [5.74, 6) is 0.410. The Morgan fingerprint density at radius 3 is 2.76 bits per heavy atom. The molecule has 2 aromatic rings. The molecule has 25 heavy (non-hydrogen) atoms. The molecule has 0 saturated heterocycles. The van der Waals surface area contributed by atoms with E-state index in [-0.39, 0.29) is 11.8 Å². The molecule has 0 radical (unpaired) electrons. The number of rotatable bonds is 4. The van der Waals surface area contributed by atoms with Crippen LogP contribution in [0.2, 0.25) is 0 Å². The molecule has 0 bridgehead atoms. The quantitative estimate of drug-likeness (QED) is 0.789. The highest BCUT2D eigenvalue weighted by atomic mass is 79.9. The fourth-order valence-electron chi connectivity index (χ4n) is 2.95. The Bertz CT molecular complexity index is 935. The van der Waals surface area contributed by atoms with Gasteiger partial charge in [0.25, 0.3) is 10.0 Å². The Morgan fingerprint density at radius 2 is 2.04 bits per heavy atom. The summed E-state index contributed by atoms with van der Waals surface area (Å²) in [6.45, 7) is 1.20. The number of nitrogens with one attached hydrogen (secondary N) is 1. The zero-order valence-electron chi connectivity index (χ0n) is 13.4. The van der Waals surface area contributed by atoms with Crippen molar-refractivity contribution in [1.29, 1.82) is 0 Å². The molecule has 1 N–H and O–H groups in total. The van der Waals surface area contributed by atoms with Gasteiger partial charge in [-0.2, -0.15) is 0 Å². The number of para-hydroxylation sites is 1. The van der Waals surface area contributed by atoms with Crippen molar-refractivity contribution in [3.63, 3.8) is 0 Å². The Labute approximate surface area is 159 Å². The lowest BCUT2D eigenvalue weighted by Gasteiger charge is -2.26. The lowest BCUT2D eigenvalue weighted by molar-refractivity contribution is -0.133. The van der Waals surface area contributed by atoms with Gasteiger partial charge < -0.3 is 4.90 Å². The van der Waals surface area contributed by atoms with Crippen LogP contribution in [0, 0.1) is 5.92 Å². The maximum Gasteiger partial charge on any atom is 0.271 e. The van der Waals surface area contributed by atoms with Gasteiger partial charge in [-0.3, -0.25) is 9.52 Å². The molecule has 1 aliphatic heterocycles. The molecule has 8 heteroatoms. The molecule has 4 rings (SSSR count). The van der Waals surface area contributed by atoms with E-state index in [2.05, 4.69) is 20.7 Å². The van der Waals surface area contributed by atoms with Gasteiger partial charge in [-0.25, -0.2) is 8.42 Å². The first kappa shape index (κ1) is 17.1. The van der Waals surface area contributed by atoms with Crippen molar-refractivity contribution < 1.29 is 13.2 Å². The number of benzene rings is 1. The van der Waals surface area contributed by atoms with E-state index < -0.39 is 10.0 Å². The molecule has 1 saturated carbocycles. The molecule has 2 aliphatic rings. The second-order valence-electron chi connectivity index (χ2n) is 6.38. The van der Waals surface area contributed by atoms with E-state index in [4.69, 9.17) is 0 Å². The van der Waals surface area contributed by atoms with Crippen LogP contribution in [-0.4, -0.2) is 25.8 Å². The summed E-state index contributed by atoms with van der Waals surface area (Å²) in [5.41, 5.74) is 1.47. The SMILES string of the molecule is O=C(C1CC1)N1CCc2sc(S(=O)(=O)Nc3ccccc3Br)cc2C1. The number of sulfonamides is 1. The third-order valence-electron chi connectivity index (χ3n) is 4.47. The van der Waals surface area contributed by atoms with Gasteiger partial charge in [-0.15, -0.1) is 11.3 Å². The first-order valence-corrected chi connectivity index (χ1v) is 11.2. The second-order valence-corrected chi connectivity index (χ2v) is 10.3. The maximum absolute atomic E-state index is 12.7. The first-order chi connectivity index (χ1) is 11.9. The Morgan fingerprint density at radius 1 is 1.28 bits per heavy atom. The molecular weight excluding hydrogens is 424 g/mol. The topological polar surface area (TPSA) is 66.5 Å². The van der Waals surface area contributed by atoms with Crippen LogP contribution >= 0.6 is 27.3 Å².